The predicted octanol–water partition coefficient (Wildman–Crippen LogP) is 2.21. The van der Waals surface area contributed by atoms with E-state index >= 15 is 0 Å². The molecule has 2 aromatic heterocycles. The average Bonchev–Trinajstić information content (AvgIpc) is 3.25. The van der Waals surface area contributed by atoms with Crippen LogP contribution < -0.4 is 0 Å². The van der Waals surface area contributed by atoms with Gasteiger partial charge in [0.1, 0.15) is 5.65 Å². The lowest BCUT2D eigenvalue weighted by molar-refractivity contribution is 0.198. The van der Waals surface area contributed by atoms with Crippen LogP contribution >= 0.6 is 0 Å². The quantitative estimate of drug-likeness (QED) is 0.625. The van der Waals surface area contributed by atoms with E-state index in [0.29, 0.717) is 39.0 Å². The van der Waals surface area contributed by atoms with Crippen LogP contribution in [0.2, 0.25) is 0 Å². The summed E-state index contributed by atoms with van der Waals surface area (Å²) in [4.78, 5) is 7.12. The Kier molecular flexibility index (Phi) is 5.34. The lowest BCUT2D eigenvalue weighted by Crippen LogP contribution is -2.55. The van der Waals surface area contributed by atoms with Crippen LogP contribution in [0.25, 0.3) is 5.65 Å². The van der Waals surface area contributed by atoms with Crippen molar-refractivity contribution in [3.63, 3.8) is 0 Å². The van der Waals surface area contributed by atoms with E-state index in [1.807, 2.05) is 41.9 Å². The highest BCUT2D eigenvalue weighted by molar-refractivity contribution is 7.86. The molecule has 7 nitrogen and oxygen atoms in total. The second kappa shape index (κ2) is 8.02. The molecule has 164 valence electrons. The van der Waals surface area contributed by atoms with Gasteiger partial charge in [-0.3, -0.25) is 0 Å². The maximum Gasteiger partial charge on any atom is 0.282 e. The second-order valence-corrected chi connectivity index (χ2v) is 10.6. The van der Waals surface area contributed by atoms with E-state index in [9.17, 15) is 8.42 Å². The summed E-state index contributed by atoms with van der Waals surface area (Å²) >= 11 is 0. The van der Waals surface area contributed by atoms with Crippen LogP contribution in [0.5, 0.6) is 0 Å². The number of benzene rings is 1. The molecule has 3 aromatic rings. The van der Waals surface area contributed by atoms with Crippen LogP contribution in [0, 0.1) is 0 Å². The standard InChI is InChI=1S/C23H29N5O2S/c1-25-15-17-28(18-16-25)31(29,30)27-13-10-23(11-14-27,20-7-3-2-4-8-20)21-19-26-12-6-5-9-22(26)24-21/h2-9,12,19H,10-11,13-18H2,1H3. The number of hydrogen-bond acceptors (Lipinski definition) is 4. The summed E-state index contributed by atoms with van der Waals surface area (Å²) < 4.78 is 31.9. The fourth-order valence-electron chi connectivity index (χ4n) is 4.90. The maximum atomic E-state index is 13.3. The first kappa shape index (κ1) is 20.6. The van der Waals surface area contributed by atoms with Gasteiger partial charge in [0.2, 0.25) is 0 Å². The molecule has 0 N–H and O–H groups in total. The number of hydrogen-bond donors (Lipinski definition) is 0. The number of aromatic nitrogens is 2. The Balaban J connectivity index is 1.45. The Morgan fingerprint density at radius 1 is 0.839 bits per heavy atom. The predicted molar refractivity (Wildman–Crippen MR) is 121 cm³/mol. The van der Waals surface area contributed by atoms with Crippen LogP contribution in [-0.4, -0.2) is 77.6 Å². The number of rotatable bonds is 4. The zero-order valence-corrected chi connectivity index (χ0v) is 18.7. The van der Waals surface area contributed by atoms with Crippen LogP contribution in [0.4, 0.5) is 0 Å². The minimum Gasteiger partial charge on any atom is -0.307 e. The fraction of sp³-hybridized carbons (Fsp3) is 0.435. The summed E-state index contributed by atoms with van der Waals surface area (Å²) in [6.07, 6.45) is 5.55. The molecule has 0 aliphatic carbocycles. The first-order valence-electron chi connectivity index (χ1n) is 10.9. The topological polar surface area (TPSA) is 61.2 Å². The molecule has 0 bridgehead atoms. The van der Waals surface area contributed by atoms with E-state index in [4.69, 9.17) is 4.98 Å². The Hall–Kier alpha value is -2.26. The first-order chi connectivity index (χ1) is 15.0. The minimum atomic E-state index is -3.43. The van der Waals surface area contributed by atoms with E-state index in [0.717, 1.165) is 24.4 Å². The largest absolute Gasteiger partial charge is 0.307 e. The van der Waals surface area contributed by atoms with Crippen molar-refractivity contribution in [2.45, 2.75) is 18.3 Å². The van der Waals surface area contributed by atoms with Gasteiger partial charge in [-0.15, -0.1) is 0 Å². The van der Waals surface area contributed by atoms with Gasteiger partial charge in [0.05, 0.1) is 5.69 Å². The van der Waals surface area contributed by atoms with Gasteiger partial charge in [-0.05, 0) is 37.6 Å². The molecule has 1 aromatic carbocycles. The maximum absolute atomic E-state index is 13.3. The van der Waals surface area contributed by atoms with E-state index in [1.165, 1.54) is 5.56 Å². The second-order valence-electron chi connectivity index (χ2n) is 8.65. The van der Waals surface area contributed by atoms with Crippen LogP contribution in [0.15, 0.2) is 60.9 Å². The smallest absolute Gasteiger partial charge is 0.282 e. The highest BCUT2D eigenvalue weighted by atomic mass is 32.2. The fourth-order valence-corrected chi connectivity index (χ4v) is 6.49. The van der Waals surface area contributed by atoms with Crippen molar-refractivity contribution in [3.05, 3.63) is 72.2 Å². The molecule has 2 saturated heterocycles. The molecule has 2 aliphatic rings. The molecule has 2 fully saturated rings. The third kappa shape index (κ3) is 3.67. The molecule has 0 radical (unpaired) electrons. The molecule has 2 aliphatic heterocycles. The Morgan fingerprint density at radius 2 is 1.48 bits per heavy atom. The Labute approximate surface area is 184 Å². The summed E-state index contributed by atoms with van der Waals surface area (Å²) in [6.45, 7) is 3.68. The number of likely N-dealkylation sites (N-methyl/N-ethyl adjacent to an activating group) is 1. The van der Waals surface area contributed by atoms with Crippen LogP contribution in [-0.2, 0) is 15.6 Å². The molecular weight excluding hydrogens is 410 g/mol. The highest BCUT2D eigenvalue weighted by Gasteiger charge is 2.43. The lowest BCUT2D eigenvalue weighted by atomic mass is 9.71. The third-order valence-electron chi connectivity index (χ3n) is 6.87. The third-order valence-corrected chi connectivity index (χ3v) is 8.91. The summed E-state index contributed by atoms with van der Waals surface area (Å²) in [5, 5.41) is 0. The van der Waals surface area contributed by atoms with Gasteiger partial charge in [-0.2, -0.15) is 17.0 Å². The van der Waals surface area contributed by atoms with Crippen molar-refractivity contribution in [2.75, 3.05) is 46.3 Å². The molecule has 0 spiro atoms. The molecule has 0 unspecified atom stereocenters. The summed E-state index contributed by atoms with van der Waals surface area (Å²) in [5.74, 6) is 0. The SMILES string of the molecule is CN1CCN(S(=O)(=O)N2CCC(c3ccccc3)(c3cn4ccccc4n3)CC2)CC1. The van der Waals surface area contributed by atoms with Crippen molar-refractivity contribution in [1.29, 1.82) is 0 Å². The zero-order chi connectivity index (χ0) is 21.5. The van der Waals surface area contributed by atoms with E-state index in [-0.39, 0.29) is 5.41 Å². The van der Waals surface area contributed by atoms with Gasteiger partial charge >= 0.3 is 0 Å². The molecule has 8 heteroatoms. The zero-order valence-electron chi connectivity index (χ0n) is 17.9. The average molecular weight is 440 g/mol. The normalized spacial score (nSPS) is 21.5. The summed E-state index contributed by atoms with van der Waals surface area (Å²) in [5.41, 5.74) is 2.85. The van der Waals surface area contributed by atoms with Crippen molar-refractivity contribution >= 4 is 15.9 Å². The van der Waals surface area contributed by atoms with E-state index in [2.05, 4.69) is 35.4 Å². The lowest BCUT2D eigenvalue weighted by Gasteiger charge is -2.43. The highest BCUT2D eigenvalue weighted by Crippen LogP contribution is 2.42. The van der Waals surface area contributed by atoms with Crippen molar-refractivity contribution in [2.24, 2.45) is 0 Å². The van der Waals surface area contributed by atoms with Gasteiger partial charge in [-0.1, -0.05) is 36.4 Å². The summed E-state index contributed by atoms with van der Waals surface area (Å²) in [6, 6.07) is 16.4. The van der Waals surface area contributed by atoms with Gasteiger partial charge < -0.3 is 9.30 Å². The molecule has 5 rings (SSSR count). The molecular formula is C23H29N5O2S. The Morgan fingerprint density at radius 3 is 2.16 bits per heavy atom. The number of piperazine rings is 1. The summed E-state index contributed by atoms with van der Waals surface area (Å²) in [7, 11) is -1.40. The van der Waals surface area contributed by atoms with Gasteiger partial charge in [0.25, 0.3) is 10.2 Å². The number of piperidine rings is 1. The Bertz CT molecular complexity index is 1110. The number of imidazole rings is 1. The minimum absolute atomic E-state index is 0.290. The first-order valence-corrected chi connectivity index (χ1v) is 12.3. The van der Waals surface area contributed by atoms with Gasteiger partial charge in [-0.25, -0.2) is 4.98 Å². The monoisotopic (exact) mass is 439 g/mol. The van der Waals surface area contributed by atoms with Crippen molar-refractivity contribution in [3.8, 4) is 0 Å². The molecule has 0 amide bonds. The number of pyridine rings is 1. The van der Waals surface area contributed by atoms with Gasteiger partial charge in [0, 0.05) is 57.1 Å². The molecule has 0 atom stereocenters. The van der Waals surface area contributed by atoms with Crippen LogP contribution in [0.3, 0.4) is 0 Å². The van der Waals surface area contributed by atoms with Crippen molar-refractivity contribution in [1.82, 2.24) is 22.9 Å². The molecule has 31 heavy (non-hydrogen) atoms. The van der Waals surface area contributed by atoms with Crippen LogP contribution in [0.1, 0.15) is 24.1 Å². The molecule has 0 saturated carbocycles. The van der Waals surface area contributed by atoms with E-state index < -0.39 is 10.2 Å². The number of fused-ring (bicyclic) bond motifs is 1. The number of nitrogens with zero attached hydrogens (tertiary/aromatic N) is 5. The van der Waals surface area contributed by atoms with Gasteiger partial charge in [0.15, 0.2) is 0 Å². The molecule has 4 heterocycles. The van der Waals surface area contributed by atoms with E-state index in [1.54, 1.807) is 8.61 Å². The van der Waals surface area contributed by atoms with Crippen molar-refractivity contribution < 1.29 is 8.42 Å².